The molecule has 0 bridgehead atoms. The molecule has 3 nitrogen and oxygen atoms in total. The monoisotopic (exact) mass is 281 g/mol. The number of ether oxygens (including phenoxy) is 1. The number of hydrogen-bond acceptors (Lipinski definition) is 2. The van der Waals surface area contributed by atoms with Gasteiger partial charge in [-0.3, -0.25) is 4.79 Å². The third-order valence-corrected chi connectivity index (χ3v) is 4.02. The van der Waals surface area contributed by atoms with E-state index in [9.17, 15) is 4.79 Å². The summed E-state index contributed by atoms with van der Waals surface area (Å²) in [4.78, 5) is 14.3. The van der Waals surface area contributed by atoms with Crippen LogP contribution < -0.4 is 4.74 Å². The van der Waals surface area contributed by atoms with E-state index in [1.165, 1.54) is 11.1 Å². The number of benzene rings is 2. The summed E-state index contributed by atoms with van der Waals surface area (Å²) in [6, 6.07) is 17.9. The number of carbonyl (C=O) groups excluding carboxylic acids is 1. The summed E-state index contributed by atoms with van der Waals surface area (Å²) >= 11 is 0. The van der Waals surface area contributed by atoms with E-state index in [0.29, 0.717) is 0 Å². The van der Waals surface area contributed by atoms with Gasteiger partial charge in [-0.05, 0) is 36.6 Å². The summed E-state index contributed by atoms with van der Waals surface area (Å²) in [5, 5.41) is 0. The SMILES string of the molecule is CC1c2ccccc2CCN1C(=O)COc1ccccc1. The van der Waals surface area contributed by atoms with Crippen LogP contribution in [0.1, 0.15) is 24.1 Å². The molecule has 0 spiro atoms. The third kappa shape index (κ3) is 2.92. The van der Waals surface area contributed by atoms with Crippen LogP contribution in [0, 0.1) is 0 Å². The molecule has 0 saturated heterocycles. The molecule has 2 aromatic carbocycles. The van der Waals surface area contributed by atoms with Crippen molar-refractivity contribution in [2.75, 3.05) is 13.2 Å². The summed E-state index contributed by atoms with van der Waals surface area (Å²) in [5.74, 6) is 0.775. The molecule has 0 saturated carbocycles. The fourth-order valence-electron chi connectivity index (χ4n) is 2.86. The normalized spacial score (nSPS) is 17.2. The van der Waals surface area contributed by atoms with Crippen LogP contribution in [0.3, 0.4) is 0 Å². The quantitative estimate of drug-likeness (QED) is 0.864. The van der Waals surface area contributed by atoms with Gasteiger partial charge < -0.3 is 9.64 Å². The van der Waals surface area contributed by atoms with Crippen LogP contribution in [0.2, 0.25) is 0 Å². The Bertz CT molecular complexity index is 624. The molecule has 0 N–H and O–H groups in total. The van der Waals surface area contributed by atoms with Gasteiger partial charge in [-0.15, -0.1) is 0 Å². The molecule has 1 atom stereocenters. The lowest BCUT2D eigenvalue weighted by Crippen LogP contribution is -2.41. The van der Waals surface area contributed by atoms with Gasteiger partial charge in [0.1, 0.15) is 5.75 Å². The first-order valence-electron chi connectivity index (χ1n) is 7.31. The van der Waals surface area contributed by atoms with Gasteiger partial charge in [0, 0.05) is 6.54 Å². The predicted octanol–water partition coefficient (Wildman–Crippen LogP) is 3.21. The summed E-state index contributed by atoms with van der Waals surface area (Å²) in [6.45, 7) is 2.93. The lowest BCUT2D eigenvalue weighted by Gasteiger charge is -2.35. The Morgan fingerprint density at radius 3 is 2.67 bits per heavy atom. The fraction of sp³-hybridized carbons (Fsp3) is 0.278. The second-order valence-corrected chi connectivity index (χ2v) is 5.31. The molecule has 0 aliphatic carbocycles. The average Bonchev–Trinajstić information content (AvgIpc) is 2.54. The molecule has 2 aromatic rings. The summed E-state index contributed by atoms with van der Waals surface area (Å²) < 4.78 is 5.57. The predicted molar refractivity (Wildman–Crippen MR) is 82.2 cm³/mol. The van der Waals surface area contributed by atoms with Crippen molar-refractivity contribution < 1.29 is 9.53 Å². The zero-order chi connectivity index (χ0) is 14.7. The van der Waals surface area contributed by atoms with Gasteiger partial charge in [-0.1, -0.05) is 42.5 Å². The van der Waals surface area contributed by atoms with Gasteiger partial charge >= 0.3 is 0 Å². The molecule has 0 radical (unpaired) electrons. The molecule has 3 heteroatoms. The maximum atomic E-state index is 12.4. The van der Waals surface area contributed by atoms with Gasteiger partial charge in [0.2, 0.25) is 0 Å². The smallest absolute Gasteiger partial charge is 0.261 e. The highest BCUT2D eigenvalue weighted by Crippen LogP contribution is 2.29. The first-order chi connectivity index (χ1) is 10.3. The van der Waals surface area contributed by atoms with Crippen molar-refractivity contribution in [3.05, 3.63) is 65.7 Å². The van der Waals surface area contributed by atoms with Crippen molar-refractivity contribution in [3.8, 4) is 5.75 Å². The minimum Gasteiger partial charge on any atom is -0.484 e. The standard InChI is InChI=1S/C18H19NO2/c1-14-17-10-6-5-7-15(17)11-12-19(14)18(20)13-21-16-8-3-2-4-9-16/h2-10,14H,11-13H2,1H3. The number of para-hydroxylation sites is 1. The zero-order valence-corrected chi connectivity index (χ0v) is 12.2. The largest absolute Gasteiger partial charge is 0.484 e. The van der Waals surface area contributed by atoms with Crippen LogP contribution in [0.5, 0.6) is 5.75 Å². The van der Waals surface area contributed by atoms with E-state index >= 15 is 0 Å². The van der Waals surface area contributed by atoms with Crippen LogP contribution >= 0.6 is 0 Å². The molecule has 1 aliphatic rings. The topological polar surface area (TPSA) is 29.5 Å². The number of hydrogen-bond donors (Lipinski definition) is 0. The lowest BCUT2D eigenvalue weighted by atomic mass is 9.93. The molecule has 1 unspecified atom stereocenters. The minimum absolute atomic E-state index is 0.0425. The van der Waals surface area contributed by atoms with Gasteiger partial charge in [0.05, 0.1) is 6.04 Å². The molecule has 21 heavy (non-hydrogen) atoms. The van der Waals surface area contributed by atoms with Crippen molar-refractivity contribution in [1.29, 1.82) is 0 Å². The number of fused-ring (bicyclic) bond motifs is 1. The average molecular weight is 281 g/mol. The van der Waals surface area contributed by atoms with Crippen LogP contribution in [0.4, 0.5) is 0 Å². The van der Waals surface area contributed by atoms with Crippen LogP contribution in [-0.2, 0) is 11.2 Å². The second kappa shape index (κ2) is 6.00. The highest BCUT2D eigenvalue weighted by Gasteiger charge is 2.27. The second-order valence-electron chi connectivity index (χ2n) is 5.31. The van der Waals surface area contributed by atoms with E-state index < -0.39 is 0 Å². The summed E-state index contributed by atoms with van der Waals surface area (Å²) in [7, 11) is 0. The van der Waals surface area contributed by atoms with Crippen molar-refractivity contribution in [3.63, 3.8) is 0 Å². The molecule has 0 aromatic heterocycles. The number of carbonyl (C=O) groups is 1. The Balaban J connectivity index is 1.66. The third-order valence-electron chi connectivity index (χ3n) is 4.02. The Hall–Kier alpha value is -2.29. The molecule has 3 rings (SSSR count). The summed E-state index contributed by atoms with van der Waals surface area (Å²) in [5.41, 5.74) is 2.59. The van der Waals surface area contributed by atoms with E-state index in [0.717, 1.165) is 18.7 Å². The molecule has 108 valence electrons. The maximum absolute atomic E-state index is 12.4. The number of amides is 1. The Morgan fingerprint density at radius 1 is 1.14 bits per heavy atom. The molecular formula is C18H19NO2. The van der Waals surface area contributed by atoms with Crippen LogP contribution in [0.15, 0.2) is 54.6 Å². The highest BCUT2D eigenvalue weighted by molar-refractivity contribution is 5.78. The van der Waals surface area contributed by atoms with E-state index in [2.05, 4.69) is 25.1 Å². The van der Waals surface area contributed by atoms with Crippen molar-refractivity contribution >= 4 is 5.91 Å². The van der Waals surface area contributed by atoms with Gasteiger partial charge in [-0.25, -0.2) is 0 Å². The number of nitrogens with zero attached hydrogens (tertiary/aromatic N) is 1. The van der Waals surface area contributed by atoms with E-state index in [1.807, 2.05) is 41.3 Å². The zero-order valence-electron chi connectivity index (χ0n) is 12.2. The van der Waals surface area contributed by atoms with E-state index in [1.54, 1.807) is 0 Å². The van der Waals surface area contributed by atoms with Crippen molar-refractivity contribution in [2.45, 2.75) is 19.4 Å². The fourth-order valence-corrected chi connectivity index (χ4v) is 2.86. The number of rotatable bonds is 3. The van der Waals surface area contributed by atoms with Crippen LogP contribution in [-0.4, -0.2) is 24.0 Å². The molecule has 0 fully saturated rings. The van der Waals surface area contributed by atoms with E-state index in [-0.39, 0.29) is 18.6 Å². The minimum atomic E-state index is 0.0425. The molecule has 1 amide bonds. The Kier molecular flexibility index (Phi) is 3.91. The van der Waals surface area contributed by atoms with Gasteiger partial charge in [0.15, 0.2) is 6.61 Å². The van der Waals surface area contributed by atoms with Gasteiger partial charge in [-0.2, -0.15) is 0 Å². The maximum Gasteiger partial charge on any atom is 0.261 e. The first-order valence-corrected chi connectivity index (χ1v) is 7.31. The molecular weight excluding hydrogens is 262 g/mol. The van der Waals surface area contributed by atoms with E-state index in [4.69, 9.17) is 4.74 Å². The van der Waals surface area contributed by atoms with Crippen LogP contribution in [0.25, 0.3) is 0 Å². The summed E-state index contributed by atoms with van der Waals surface area (Å²) in [6.07, 6.45) is 0.914. The van der Waals surface area contributed by atoms with Crippen molar-refractivity contribution in [1.82, 2.24) is 4.90 Å². The first kappa shape index (κ1) is 13.7. The highest BCUT2D eigenvalue weighted by atomic mass is 16.5. The Labute approximate surface area is 125 Å². The Morgan fingerprint density at radius 2 is 1.86 bits per heavy atom. The molecule has 1 heterocycles. The molecule has 1 aliphatic heterocycles. The van der Waals surface area contributed by atoms with Gasteiger partial charge in [0.25, 0.3) is 5.91 Å². The van der Waals surface area contributed by atoms with Crippen molar-refractivity contribution in [2.24, 2.45) is 0 Å². The lowest BCUT2D eigenvalue weighted by molar-refractivity contribution is -0.135.